The Balaban J connectivity index is 2.71. The van der Waals surface area contributed by atoms with Crippen LogP contribution in [0.25, 0.3) is 0 Å². The van der Waals surface area contributed by atoms with Crippen molar-refractivity contribution in [3.63, 3.8) is 0 Å². The van der Waals surface area contributed by atoms with E-state index in [1.54, 1.807) is 6.07 Å². The molecule has 2 nitrogen and oxygen atoms in total. The molecular formula is C15H22F3NO. The average molecular weight is 289 g/mol. The van der Waals surface area contributed by atoms with Gasteiger partial charge in [0.2, 0.25) is 0 Å². The zero-order valence-electron chi connectivity index (χ0n) is 12.2. The third kappa shape index (κ3) is 5.82. The standard InChI is InChI=1S/C15H22F3NO/c1-4-9-19-10-8-14(2,3)12-6-5-7-13(11-12)20-15(16,17)18/h5-7,11,19H,4,8-10H2,1-3H3. The van der Waals surface area contributed by atoms with E-state index in [1.807, 2.05) is 19.9 Å². The van der Waals surface area contributed by atoms with Crippen LogP contribution in [-0.2, 0) is 5.41 Å². The molecule has 0 amide bonds. The third-order valence-electron chi connectivity index (χ3n) is 3.20. The molecule has 0 atom stereocenters. The van der Waals surface area contributed by atoms with Gasteiger partial charge >= 0.3 is 6.36 Å². The van der Waals surface area contributed by atoms with Crippen LogP contribution >= 0.6 is 0 Å². The van der Waals surface area contributed by atoms with E-state index in [0.717, 1.165) is 31.5 Å². The minimum atomic E-state index is -4.65. The summed E-state index contributed by atoms with van der Waals surface area (Å²) >= 11 is 0. The fourth-order valence-corrected chi connectivity index (χ4v) is 1.96. The van der Waals surface area contributed by atoms with Crippen LogP contribution in [0.1, 0.15) is 39.2 Å². The van der Waals surface area contributed by atoms with Crippen LogP contribution in [-0.4, -0.2) is 19.5 Å². The van der Waals surface area contributed by atoms with E-state index in [2.05, 4.69) is 17.0 Å². The molecule has 0 unspecified atom stereocenters. The molecule has 1 rings (SSSR count). The maximum absolute atomic E-state index is 12.2. The number of hydrogen-bond donors (Lipinski definition) is 1. The van der Waals surface area contributed by atoms with Crippen molar-refractivity contribution in [1.82, 2.24) is 5.32 Å². The lowest BCUT2D eigenvalue weighted by molar-refractivity contribution is -0.274. The molecule has 1 aromatic rings. The van der Waals surface area contributed by atoms with E-state index in [1.165, 1.54) is 12.1 Å². The number of halogens is 3. The molecule has 0 aliphatic rings. The maximum Gasteiger partial charge on any atom is 0.573 e. The fraction of sp³-hybridized carbons (Fsp3) is 0.600. The first-order chi connectivity index (χ1) is 9.24. The van der Waals surface area contributed by atoms with E-state index in [9.17, 15) is 13.2 Å². The first-order valence-electron chi connectivity index (χ1n) is 6.81. The van der Waals surface area contributed by atoms with Crippen LogP contribution in [0.3, 0.4) is 0 Å². The average Bonchev–Trinajstić information content (AvgIpc) is 2.33. The summed E-state index contributed by atoms with van der Waals surface area (Å²) in [5, 5.41) is 3.30. The van der Waals surface area contributed by atoms with Gasteiger partial charge in [-0.2, -0.15) is 0 Å². The largest absolute Gasteiger partial charge is 0.573 e. The Bertz CT molecular complexity index is 416. The van der Waals surface area contributed by atoms with Gasteiger partial charge in [-0.25, -0.2) is 0 Å². The van der Waals surface area contributed by atoms with Gasteiger partial charge in [-0.3, -0.25) is 0 Å². The Morgan fingerprint density at radius 3 is 2.45 bits per heavy atom. The number of rotatable bonds is 7. The topological polar surface area (TPSA) is 21.3 Å². The Hall–Kier alpha value is -1.23. The lowest BCUT2D eigenvalue weighted by atomic mass is 9.81. The summed E-state index contributed by atoms with van der Waals surface area (Å²) in [5.74, 6) is -0.162. The molecule has 20 heavy (non-hydrogen) atoms. The highest BCUT2D eigenvalue weighted by Crippen LogP contribution is 2.31. The minimum absolute atomic E-state index is 0.162. The predicted octanol–water partition coefficient (Wildman–Crippen LogP) is 4.25. The van der Waals surface area contributed by atoms with Gasteiger partial charge in [-0.05, 0) is 49.0 Å². The number of ether oxygens (including phenoxy) is 1. The maximum atomic E-state index is 12.2. The first kappa shape index (κ1) is 16.8. The summed E-state index contributed by atoms with van der Waals surface area (Å²) < 4.78 is 40.6. The van der Waals surface area contributed by atoms with Crippen LogP contribution in [0.4, 0.5) is 13.2 Å². The minimum Gasteiger partial charge on any atom is -0.406 e. The summed E-state index contributed by atoms with van der Waals surface area (Å²) in [6.45, 7) is 7.93. The van der Waals surface area contributed by atoms with Crippen LogP contribution < -0.4 is 10.1 Å². The van der Waals surface area contributed by atoms with Crippen molar-refractivity contribution in [3.8, 4) is 5.75 Å². The van der Waals surface area contributed by atoms with Gasteiger partial charge in [-0.1, -0.05) is 32.9 Å². The van der Waals surface area contributed by atoms with Gasteiger partial charge in [-0.15, -0.1) is 13.2 Å². The van der Waals surface area contributed by atoms with Gasteiger partial charge in [0.05, 0.1) is 0 Å². The number of benzene rings is 1. The molecule has 114 valence electrons. The molecule has 5 heteroatoms. The molecule has 0 spiro atoms. The zero-order valence-corrected chi connectivity index (χ0v) is 12.2. The quantitative estimate of drug-likeness (QED) is 0.758. The monoisotopic (exact) mass is 289 g/mol. The van der Waals surface area contributed by atoms with Crippen LogP contribution in [0, 0.1) is 0 Å². The van der Waals surface area contributed by atoms with E-state index < -0.39 is 6.36 Å². The summed E-state index contributed by atoms with van der Waals surface area (Å²) in [4.78, 5) is 0. The number of hydrogen-bond acceptors (Lipinski definition) is 2. The van der Waals surface area contributed by atoms with E-state index in [4.69, 9.17) is 0 Å². The van der Waals surface area contributed by atoms with Crippen molar-refractivity contribution in [2.24, 2.45) is 0 Å². The van der Waals surface area contributed by atoms with Crippen molar-refractivity contribution in [1.29, 1.82) is 0 Å². The molecular weight excluding hydrogens is 267 g/mol. The molecule has 0 aliphatic carbocycles. The van der Waals surface area contributed by atoms with Gasteiger partial charge in [0.15, 0.2) is 0 Å². The Kier molecular flexibility index (Phi) is 5.87. The molecule has 0 heterocycles. The van der Waals surface area contributed by atoms with Gasteiger partial charge < -0.3 is 10.1 Å². The number of alkyl halides is 3. The zero-order chi connectivity index (χ0) is 15.2. The lowest BCUT2D eigenvalue weighted by Crippen LogP contribution is -2.26. The van der Waals surface area contributed by atoms with Crippen LogP contribution in [0.15, 0.2) is 24.3 Å². The summed E-state index contributed by atoms with van der Waals surface area (Å²) in [5.41, 5.74) is 0.642. The molecule has 1 N–H and O–H groups in total. The first-order valence-corrected chi connectivity index (χ1v) is 6.81. The Morgan fingerprint density at radius 2 is 1.85 bits per heavy atom. The van der Waals surface area contributed by atoms with Gasteiger partial charge in [0, 0.05) is 0 Å². The van der Waals surface area contributed by atoms with E-state index >= 15 is 0 Å². The molecule has 0 bridgehead atoms. The lowest BCUT2D eigenvalue weighted by Gasteiger charge is -2.26. The second-order valence-electron chi connectivity index (χ2n) is 5.46. The summed E-state index contributed by atoms with van der Waals surface area (Å²) in [7, 11) is 0. The highest BCUT2D eigenvalue weighted by Gasteiger charge is 2.31. The summed E-state index contributed by atoms with van der Waals surface area (Å²) in [6.07, 6.45) is -2.73. The third-order valence-corrected chi connectivity index (χ3v) is 3.20. The van der Waals surface area contributed by atoms with Crippen molar-refractivity contribution >= 4 is 0 Å². The second-order valence-corrected chi connectivity index (χ2v) is 5.46. The molecule has 0 aromatic heterocycles. The molecule has 0 radical (unpaired) electrons. The van der Waals surface area contributed by atoms with E-state index in [0.29, 0.717) is 0 Å². The normalized spacial score (nSPS) is 12.5. The smallest absolute Gasteiger partial charge is 0.406 e. The number of nitrogens with one attached hydrogen (secondary N) is 1. The van der Waals surface area contributed by atoms with Crippen molar-refractivity contribution in [3.05, 3.63) is 29.8 Å². The molecule has 0 fully saturated rings. The highest BCUT2D eigenvalue weighted by atomic mass is 19.4. The SMILES string of the molecule is CCCNCCC(C)(C)c1cccc(OC(F)(F)F)c1. The molecule has 0 saturated heterocycles. The van der Waals surface area contributed by atoms with E-state index in [-0.39, 0.29) is 11.2 Å². The second kappa shape index (κ2) is 6.97. The highest BCUT2D eigenvalue weighted by molar-refractivity contribution is 5.33. The van der Waals surface area contributed by atoms with Crippen molar-refractivity contribution in [2.75, 3.05) is 13.1 Å². The van der Waals surface area contributed by atoms with Crippen molar-refractivity contribution in [2.45, 2.75) is 45.4 Å². The van der Waals surface area contributed by atoms with Gasteiger partial charge in [0.1, 0.15) is 5.75 Å². The Labute approximate surface area is 118 Å². The fourth-order valence-electron chi connectivity index (χ4n) is 1.96. The summed E-state index contributed by atoms with van der Waals surface area (Å²) in [6, 6.07) is 6.22. The predicted molar refractivity (Wildman–Crippen MR) is 73.9 cm³/mol. The molecule has 1 aromatic carbocycles. The van der Waals surface area contributed by atoms with Crippen LogP contribution in [0.2, 0.25) is 0 Å². The van der Waals surface area contributed by atoms with Gasteiger partial charge in [0.25, 0.3) is 0 Å². The molecule has 0 aliphatic heterocycles. The molecule has 0 saturated carbocycles. The van der Waals surface area contributed by atoms with Crippen LogP contribution in [0.5, 0.6) is 5.75 Å². The van der Waals surface area contributed by atoms with Crippen molar-refractivity contribution < 1.29 is 17.9 Å². The Morgan fingerprint density at radius 1 is 1.15 bits per heavy atom.